The maximum absolute atomic E-state index is 12.5. The largest absolute Gasteiger partial charge is 0.391 e. The summed E-state index contributed by atoms with van der Waals surface area (Å²) in [4.78, 5) is 16.6. The summed E-state index contributed by atoms with van der Waals surface area (Å²) in [7, 11) is 0. The van der Waals surface area contributed by atoms with Gasteiger partial charge in [-0.2, -0.15) is 0 Å². The van der Waals surface area contributed by atoms with E-state index in [1.54, 1.807) is 0 Å². The van der Waals surface area contributed by atoms with Gasteiger partial charge in [-0.05, 0) is 25.2 Å². The van der Waals surface area contributed by atoms with Gasteiger partial charge in [0.15, 0.2) is 0 Å². The van der Waals surface area contributed by atoms with Gasteiger partial charge in [0.2, 0.25) is 0 Å². The molecule has 2 saturated heterocycles. The highest BCUT2D eigenvalue weighted by Crippen LogP contribution is 2.20. The first-order chi connectivity index (χ1) is 11.3. The van der Waals surface area contributed by atoms with Gasteiger partial charge in [0, 0.05) is 39.3 Å². The summed E-state index contributed by atoms with van der Waals surface area (Å²) in [6.07, 6.45) is 1.49. The second-order valence-corrected chi connectivity index (χ2v) is 8.12. The van der Waals surface area contributed by atoms with E-state index in [0.29, 0.717) is 26.2 Å². The second kappa shape index (κ2) is 8.61. The molecule has 0 aromatic rings. The molecule has 1 amide bonds. The highest BCUT2D eigenvalue weighted by molar-refractivity contribution is 5.80. The quantitative estimate of drug-likeness (QED) is 0.784. The van der Waals surface area contributed by atoms with Crippen molar-refractivity contribution >= 4 is 5.91 Å². The molecule has 0 radical (unpaired) electrons. The van der Waals surface area contributed by atoms with Crippen LogP contribution in [0.5, 0.6) is 0 Å². The van der Waals surface area contributed by atoms with E-state index in [4.69, 9.17) is 9.47 Å². The molecular weight excluding hydrogens is 308 g/mol. The molecule has 0 spiro atoms. The third-order valence-corrected chi connectivity index (χ3v) is 5.02. The van der Waals surface area contributed by atoms with Crippen LogP contribution < -0.4 is 0 Å². The number of hydrogen-bond donors (Lipinski definition) is 1. The van der Waals surface area contributed by atoms with Crippen molar-refractivity contribution in [1.29, 1.82) is 0 Å². The summed E-state index contributed by atoms with van der Waals surface area (Å²) in [5.41, 5.74) is -0.113. The number of nitrogens with zero attached hydrogens (tertiary/aromatic N) is 2. The summed E-state index contributed by atoms with van der Waals surface area (Å²) in [6.45, 7) is 12.9. The van der Waals surface area contributed by atoms with E-state index in [2.05, 4.69) is 4.90 Å². The van der Waals surface area contributed by atoms with Crippen LogP contribution in [0.1, 0.15) is 40.5 Å². The van der Waals surface area contributed by atoms with Gasteiger partial charge in [-0.1, -0.05) is 20.8 Å². The number of hydrogen-bond acceptors (Lipinski definition) is 5. The van der Waals surface area contributed by atoms with Gasteiger partial charge >= 0.3 is 0 Å². The lowest BCUT2D eigenvalue weighted by Crippen LogP contribution is -2.53. The number of carbonyl (C=O) groups is 1. The van der Waals surface area contributed by atoms with E-state index in [-0.39, 0.29) is 23.5 Å². The number of carbonyl (C=O) groups excluding carboxylic acids is 1. The molecule has 2 heterocycles. The SMILES string of the molecule is CC(OCC1CCCO1)C(=O)N1CCN(CC(O)C(C)(C)C)CC1. The van der Waals surface area contributed by atoms with E-state index in [1.807, 2.05) is 32.6 Å². The van der Waals surface area contributed by atoms with Crippen molar-refractivity contribution in [3.63, 3.8) is 0 Å². The van der Waals surface area contributed by atoms with Crippen LogP contribution in [0.25, 0.3) is 0 Å². The van der Waals surface area contributed by atoms with Gasteiger partial charge in [-0.3, -0.25) is 9.69 Å². The van der Waals surface area contributed by atoms with Crippen LogP contribution >= 0.6 is 0 Å². The number of rotatable bonds is 6. The first-order valence-corrected chi connectivity index (χ1v) is 9.20. The third kappa shape index (κ3) is 5.69. The average Bonchev–Trinajstić information content (AvgIpc) is 3.05. The Kier molecular flexibility index (Phi) is 7.04. The highest BCUT2D eigenvalue weighted by Gasteiger charge is 2.29. The summed E-state index contributed by atoms with van der Waals surface area (Å²) in [6, 6.07) is 0. The Morgan fingerprint density at radius 3 is 2.50 bits per heavy atom. The molecule has 2 aliphatic heterocycles. The molecular formula is C18H34N2O4. The van der Waals surface area contributed by atoms with Gasteiger partial charge < -0.3 is 19.5 Å². The number of amides is 1. The number of piperazine rings is 1. The van der Waals surface area contributed by atoms with Crippen molar-refractivity contribution in [2.24, 2.45) is 5.41 Å². The average molecular weight is 342 g/mol. The lowest BCUT2D eigenvalue weighted by atomic mass is 9.89. The zero-order valence-corrected chi connectivity index (χ0v) is 15.7. The second-order valence-electron chi connectivity index (χ2n) is 8.12. The molecule has 0 aromatic heterocycles. The Morgan fingerprint density at radius 2 is 1.96 bits per heavy atom. The minimum Gasteiger partial charge on any atom is -0.391 e. The predicted molar refractivity (Wildman–Crippen MR) is 92.9 cm³/mol. The highest BCUT2D eigenvalue weighted by atomic mass is 16.5. The molecule has 140 valence electrons. The van der Waals surface area contributed by atoms with Gasteiger partial charge in [-0.15, -0.1) is 0 Å². The number of β-amino-alcohol motifs (C(OH)–C–C–N with tert-alkyl or cyclic N) is 1. The molecule has 2 aliphatic rings. The Balaban J connectivity index is 1.69. The van der Waals surface area contributed by atoms with E-state index in [9.17, 15) is 9.90 Å². The van der Waals surface area contributed by atoms with Crippen LogP contribution in [0.2, 0.25) is 0 Å². The van der Waals surface area contributed by atoms with Crippen LogP contribution in [-0.2, 0) is 14.3 Å². The normalized spacial score (nSPS) is 25.7. The standard InChI is InChI=1S/C18H34N2O4/c1-14(24-13-15-6-5-11-23-15)17(22)20-9-7-19(8-10-20)12-16(21)18(2,3)4/h14-16,21H,5-13H2,1-4H3. The first-order valence-electron chi connectivity index (χ1n) is 9.20. The zero-order valence-electron chi connectivity index (χ0n) is 15.7. The fourth-order valence-corrected chi connectivity index (χ4v) is 3.03. The Labute approximate surface area is 146 Å². The summed E-state index contributed by atoms with van der Waals surface area (Å²) >= 11 is 0. The van der Waals surface area contributed by atoms with Crippen LogP contribution in [-0.4, -0.2) is 85.1 Å². The minimum atomic E-state index is -0.416. The predicted octanol–water partition coefficient (Wildman–Crippen LogP) is 1.12. The van der Waals surface area contributed by atoms with Crippen LogP contribution in [0.15, 0.2) is 0 Å². The Hall–Kier alpha value is -0.690. The van der Waals surface area contributed by atoms with Crippen molar-refractivity contribution in [1.82, 2.24) is 9.80 Å². The lowest BCUT2D eigenvalue weighted by molar-refractivity contribution is -0.146. The first kappa shape index (κ1) is 19.6. The molecule has 3 unspecified atom stereocenters. The monoisotopic (exact) mass is 342 g/mol. The van der Waals surface area contributed by atoms with Gasteiger partial charge in [0.05, 0.1) is 18.8 Å². The Bertz CT molecular complexity index is 396. The zero-order chi connectivity index (χ0) is 17.7. The topological polar surface area (TPSA) is 62.2 Å². The molecule has 0 aromatic carbocycles. The third-order valence-electron chi connectivity index (χ3n) is 5.02. The van der Waals surface area contributed by atoms with Gasteiger partial charge in [0.25, 0.3) is 5.91 Å². The van der Waals surface area contributed by atoms with Gasteiger partial charge in [0.1, 0.15) is 6.10 Å². The van der Waals surface area contributed by atoms with Crippen molar-refractivity contribution in [2.45, 2.75) is 58.8 Å². The molecule has 0 aliphatic carbocycles. The summed E-state index contributed by atoms with van der Waals surface area (Å²) in [5, 5.41) is 10.2. The Morgan fingerprint density at radius 1 is 1.29 bits per heavy atom. The molecule has 0 bridgehead atoms. The van der Waals surface area contributed by atoms with Crippen molar-refractivity contribution in [2.75, 3.05) is 45.9 Å². The van der Waals surface area contributed by atoms with Crippen molar-refractivity contribution in [3.8, 4) is 0 Å². The summed E-state index contributed by atoms with van der Waals surface area (Å²) in [5.74, 6) is 0.0593. The smallest absolute Gasteiger partial charge is 0.251 e. The van der Waals surface area contributed by atoms with Crippen molar-refractivity contribution in [3.05, 3.63) is 0 Å². The number of ether oxygens (including phenoxy) is 2. The fraction of sp³-hybridized carbons (Fsp3) is 0.944. The van der Waals surface area contributed by atoms with E-state index in [0.717, 1.165) is 32.5 Å². The molecule has 24 heavy (non-hydrogen) atoms. The molecule has 6 heteroatoms. The molecule has 2 rings (SSSR count). The van der Waals surface area contributed by atoms with Gasteiger partial charge in [-0.25, -0.2) is 0 Å². The van der Waals surface area contributed by atoms with Crippen LogP contribution in [0.3, 0.4) is 0 Å². The molecule has 0 saturated carbocycles. The van der Waals surface area contributed by atoms with Crippen molar-refractivity contribution < 1.29 is 19.4 Å². The van der Waals surface area contributed by atoms with E-state index < -0.39 is 6.10 Å². The van der Waals surface area contributed by atoms with Crippen LogP contribution in [0.4, 0.5) is 0 Å². The van der Waals surface area contributed by atoms with Crippen LogP contribution in [0, 0.1) is 5.41 Å². The fourth-order valence-electron chi connectivity index (χ4n) is 3.03. The minimum absolute atomic E-state index is 0.0593. The molecule has 3 atom stereocenters. The maximum Gasteiger partial charge on any atom is 0.251 e. The molecule has 1 N–H and O–H groups in total. The van der Waals surface area contributed by atoms with E-state index in [1.165, 1.54) is 0 Å². The number of aliphatic hydroxyl groups excluding tert-OH is 1. The number of aliphatic hydroxyl groups is 1. The molecule has 6 nitrogen and oxygen atoms in total. The summed E-state index contributed by atoms with van der Waals surface area (Å²) < 4.78 is 11.2. The van der Waals surface area contributed by atoms with E-state index >= 15 is 0 Å². The maximum atomic E-state index is 12.5. The molecule has 2 fully saturated rings. The lowest BCUT2D eigenvalue weighted by Gasteiger charge is -2.38.